The Kier molecular flexibility index (Phi) is 3.59. The van der Waals surface area contributed by atoms with Crippen molar-refractivity contribution in [2.45, 2.75) is 25.9 Å². The number of hydrogen-bond acceptors (Lipinski definition) is 2. The average Bonchev–Trinajstić information content (AvgIpc) is 2.78. The standard InChI is InChI=1S/C14H19N3/c1-11-9-10-17(16-11)12(2)14(15-3)13-7-5-4-6-8-13/h4-10,12,14-15H,1-3H3. The summed E-state index contributed by atoms with van der Waals surface area (Å²) >= 11 is 0. The van der Waals surface area contributed by atoms with E-state index < -0.39 is 0 Å². The van der Waals surface area contributed by atoms with Crippen LogP contribution in [0.4, 0.5) is 0 Å². The van der Waals surface area contributed by atoms with E-state index in [1.807, 2.05) is 37.0 Å². The molecule has 3 heteroatoms. The number of aromatic nitrogens is 2. The number of nitrogens with one attached hydrogen (secondary N) is 1. The van der Waals surface area contributed by atoms with Crippen molar-refractivity contribution in [2.24, 2.45) is 0 Å². The quantitative estimate of drug-likeness (QED) is 0.873. The molecule has 2 unspecified atom stereocenters. The largest absolute Gasteiger partial charge is 0.311 e. The van der Waals surface area contributed by atoms with E-state index in [-0.39, 0.29) is 12.1 Å². The van der Waals surface area contributed by atoms with Gasteiger partial charge in [-0.2, -0.15) is 5.10 Å². The van der Waals surface area contributed by atoms with Crippen molar-refractivity contribution in [3.05, 3.63) is 53.9 Å². The summed E-state index contributed by atoms with van der Waals surface area (Å²) in [6, 6.07) is 13.1. The Labute approximate surface area is 102 Å². The van der Waals surface area contributed by atoms with Crippen molar-refractivity contribution in [1.29, 1.82) is 0 Å². The number of aryl methyl sites for hydroxylation is 1. The van der Waals surface area contributed by atoms with Crippen molar-refractivity contribution in [3.63, 3.8) is 0 Å². The van der Waals surface area contributed by atoms with Crippen LogP contribution in [0.1, 0.15) is 30.3 Å². The van der Waals surface area contributed by atoms with E-state index in [0.29, 0.717) is 0 Å². The molecular formula is C14H19N3. The predicted octanol–water partition coefficient (Wildman–Crippen LogP) is 2.71. The van der Waals surface area contributed by atoms with Gasteiger partial charge in [0, 0.05) is 6.20 Å². The highest BCUT2D eigenvalue weighted by Crippen LogP contribution is 2.24. The number of hydrogen-bond donors (Lipinski definition) is 1. The third kappa shape index (κ3) is 2.56. The van der Waals surface area contributed by atoms with Crippen LogP contribution >= 0.6 is 0 Å². The lowest BCUT2D eigenvalue weighted by molar-refractivity contribution is 0.371. The van der Waals surface area contributed by atoms with Crippen molar-refractivity contribution >= 4 is 0 Å². The van der Waals surface area contributed by atoms with Gasteiger partial charge in [-0.15, -0.1) is 0 Å². The second-order valence-electron chi connectivity index (χ2n) is 4.35. The molecule has 1 N–H and O–H groups in total. The second kappa shape index (κ2) is 5.15. The molecule has 0 amide bonds. The summed E-state index contributed by atoms with van der Waals surface area (Å²) < 4.78 is 2.02. The summed E-state index contributed by atoms with van der Waals surface area (Å²) in [5.74, 6) is 0. The third-order valence-corrected chi connectivity index (χ3v) is 3.11. The lowest BCUT2D eigenvalue weighted by Gasteiger charge is -2.24. The summed E-state index contributed by atoms with van der Waals surface area (Å²) in [6.45, 7) is 4.20. The van der Waals surface area contributed by atoms with Gasteiger partial charge in [-0.3, -0.25) is 4.68 Å². The first-order chi connectivity index (χ1) is 8.22. The number of rotatable bonds is 4. The van der Waals surface area contributed by atoms with Crippen LogP contribution in [0.25, 0.3) is 0 Å². The number of benzene rings is 1. The van der Waals surface area contributed by atoms with Crippen LogP contribution < -0.4 is 5.32 Å². The monoisotopic (exact) mass is 229 g/mol. The van der Waals surface area contributed by atoms with Crippen molar-refractivity contribution in [2.75, 3.05) is 7.05 Å². The molecular weight excluding hydrogens is 210 g/mol. The fraction of sp³-hybridized carbons (Fsp3) is 0.357. The van der Waals surface area contributed by atoms with E-state index in [4.69, 9.17) is 0 Å². The molecule has 1 heterocycles. The van der Waals surface area contributed by atoms with Gasteiger partial charge in [-0.05, 0) is 32.5 Å². The lowest BCUT2D eigenvalue weighted by Crippen LogP contribution is -2.26. The van der Waals surface area contributed by atoms with Crippen LogP contribution in [0.2, 0.25) is 0 Å². The zero-order valence-corrected chi connectivity index (χ0v) is 10.6. The maximum absolute atomic E-state index is 4.48. The zero-order chi connectivity index (χ0) is 12.3. The van der Waals surface area contributed by atoms with Gasteiger partial charge in [0.15, 0.2) is 0 Å². The lowest BCUT2D eigenvalue weighted by atomic mass is 10.0. The molecule has 2 atom stereocenters. The molecule has 1 aromatic carbocycles. The number of likely N-dealkylation sites (N-methyl/N-ethyl adjacent to an activating group) is 1. The molecule has 0 fully saturated rings. The van der Waals surface area contributed by atoms with E-state index in [1.165, 1.54) is 5.56 Å². The summed E-state index contributed by atoms with van der Waals surface area (Å²) in [7, 11) is 1.99. The first-order valence-corrected chi connectivity index (χ1v) is 5.96. The molecule has 2 aromatic rings. The zero-order valence-electron chi connectivity index (χ0n) is 10.6. The second-order valence-corrected chi connectivity index (χ2v) is 4.35. The average molecular weight is 229 g/mol. The Hall–Kier alpha value is -1.61. The topological polar surface area (TPSA) is 29.9 Å². The highest BCUT2D eigenvalue weighted by Gasteiger charge is 2.19. The maximum atomic E-state index is 4.48. The van der Waals surface area contributed by atoms with Crippen LogP contribution in [0.15, 0.2) is 42.6 Å². The van der Waals surface area contributed by atoms with Crippen LogP contribution in [-0.2, 0) is 0 Å². The number of nitrogens with zero attached hydrogens (tertiary/aromatic N) is 2. The van der Waals surface area contributed by atoms with Crippen molar-refractivity contribution in [1.82, 2.24) is 15.1 Å². The van der Waals surface area contributed by atoms with Gasteiger partial charge in [0.05, 0.1) is 17.8 Å². The Morgan fingerprint density at radius 3 is 2.41 bits per heavy atom. The molecule has 17 heavy (non-hydrogen) atoms. The molecule has 0 saturated carbocycles. The van der Waals surface area contributed by atoms with Gasteiger partial charge < -0.3 is 5.32 Å². The summed E-state index contributed by atoms with van der Waals surface area (Å²) in [5.41, 5.74) is 2.34. The molecule has 0 saturated heterocycles. The molecule has 0 bridgehead atoms. The first kappa shape index (κ1) is 11.9. The van der Waals surface area contributed by atoms with Gasteiger partial charge in [0.1, 0.15) is 0 Å². The smallest absolute Gasteiger partial charge is 0.0685 e. The highest BCUT2D eigenvalue weighted by molar-refractivity contribution is 5.20. The van der Waals surface area contributed by atoms with Crippen LogP contribution in [0, 0.1) is 6.92 Å². The van der Waals surface area contributed by atoms with Gasteiger partial charge in [-0.1, -0.05) is 30.3 Å². The summed E-state index contributed by atoms with van der Waals surface area (Å²) in [4.78, 5) is 0. The van der Waals surface area contributed by atoms with E-state index in [2.05, 4.69) is 41.6 Å². The molecule has 0 aliphatic carbocycles. The Balaban J connectivity index is 2.25. The minimum atomic E-state index is 0.274. The molecule has 0 radical (unpaired) electrons. The van der Waals surface area contributed by atoms with Crippen molar-refractivity contribution < 1.29 is 0 Å². The van der Waals surface area contributed by atoms with Crippen LogP contribution in [0.3, 0.4) is 0 Å². The first-order valence-electron chi connectivity index (χ1n) is 5.96. The van der Waals surface area contributed by atoms with Gasteiger partial charge in [0.25, 0.3) is 0 Å². The van der Waals surface area contributed by atoms with Gasteiger partial charge in [0.2, 0.25) is 0 Å². The molecule has 1 aromatic heterocycles. The molecule has 0 spiro atoms. The molecule has 0 aliphatic heterocycles. The fourth-order valence-electron chi connectivity index (χ4n) is 2.16. The minimum absolute atomic E-state index is 0.274. The van der Waals surface area contributed by atoms with E-state index in [0.717, 1.165) is 5.69 Å². The van der Waals surface area contributed by atoms with Gasteiger partial charge in [-0.25, -0.2) is 0 Å². The fourth-order valence-corrected chi connectivity index (χ4v) is 2.16. The third-order valence-electron chi connectivity index (χ3n) is 3.11. The molecule has 0 aliphatic rings. The van der Waals surface area contributed by atoms with Crippen molar-refractivity contribution in [3.8, 4) is 0 Å². The normalized spacial score (nSPS) is 14.5. The highest BCUT2D eigenvalue weighted by atomic mass is 15.3. The summed E-state index contributed by atoms with van der Waals surface area (Å²) in [6.07, 6.45) is 2.04. The van der Waals surface area contributed by atoms with E-state index in [9.17, 15) is 0 Å². The Morgan fingerprint density at radius 2 is 1.88 bits per heavy atom. The SMILES string of the molecule is CNC(c1ccccc1)C(C)n1ccc(C)n1. The Morgan fingerprint density at radius 1 is 1.18 bits per heavy atom. The van der Waals surface area contributed by atoms with Gasteiger partial charge >= 0.3 is 0 Å². The molecule has 3 nitrogen and oxygen atoms in total. The molecule has 2 rings (SSSR count). The molecule has 90 valence electrons. The van der Waals surface area contributed by atoms with E-state index >= 15 is 0 Å². The summed E-state index contributed by atoms with van der Waals surface area (Å²) in [5, 5.41) is 7.85. The van der Waals surface area contributed by atoms with Crippen LogP contribution in [0.5, 0.6) is 0 Å². The Bertz CT molecular complexity index is 461. The van der Waals surface area contributed by atoms with E-state index in [1.54, 1.807) is 0 Å². The van der Waals surface area contributed by atoms with Crippen LogP contribution in [-0.4, -0.2) is 16.8 Å². The minimum Gasteiger partial charge on any atom is -0.311 e. The predicted molar refractivity (Wildman–Crippen MR) is 69.9 cm³/mol. The maximum Gasteiger partial charge on any atom is 0.0685 e.